The molecule has 0 aromatic heterocycles. The van der Waals surface area contributed by atoms with Crippen molar-refractivity contribution >= 4 is 40.5 Å². The minimum absolute atomic E-state index is 0.222. The van der Waals surface area contributed by atoms with E-state index in [1.807, 2.05) is 0 Å². The molecule has 92 valence electrons. The fourth-order valence-corrected chi connectivity index (χ4v) is 1.77. The molecule has 0 saturated heterocycles. The Hall–Kier alpha value is -1.71. The Bertz CT molecular complexity index is 599. The molecule has 3 nitrogen and oxygen atoms in total. The SMILES string of the molecule is O=C(O)c1cccc(Nc2ccc(Cl)c(Cl)c2)c1. The predicted molar refractivity (Wildman–Crippen MR) is 73.1 cm³/mol. The van der Waals surface area contributed by atoms with Crippen molar-refractivity contribution in [3.63, 3.8) is 0 Å². The number of rotatable bonds is 3. The van der Waals surface area contributed by atoms with E-state index in [1.54, 1.807) is 36.4 Å². The van der Waals surface area contributed by atoms with E-state index in [9.17, 15) is 4.79 Å². The van der Waals surface area contributed by atoms with Gasteiger partial charge < -0.3 is 10.4 Å². The van der Waals surface area contributed by atoms with E-state index in [0.29, 0.717) is 15.7 Å². The molecule has 18 heavy (non-hydrogen) atoms. The molecule has 0 amide bonds. The maximum atomic E-state index is 10.8. The highest BCUT2D eigenvalue weighted by atomic mass is 35.5. The Morgan fingerprint density at radius 3 is 2.39 bits per heavy atom. The van der Waals surface area contributed by atoms with Crippen molar-refractivity contribution in [2.45, 2.75) is 0 Å². The van der Waals surface area contributed by atoms with Gasteiger partial charge in [-0.05, 0) is 36.4 Å². The van der Waals surface area contributed by atoms with E-state index < -0.39 is 5.97 Å². The van der Waals surface area contributed by atoms with E-state index in [0.717, 1.165) is 5.69 Å². The van der Waals surface area contributed by atoms with E-state index >= 15 is 0 Å². The molecule has 0 saturated carbocycles. The van der Waals surface area contributed by atoms with Crippen LogP contribution in [-0.4, -0.2) is 11.1 Å². The number of benzene rings is 2. The van der Waals surface area contributed by atoms with Crippen molar-refractivity contribution in [3.05, 3.63) is 58.1 Å². The topological polar surface area (TPSA) is 49.3 Å². The molecular weight excluding hydrogens is 273 g/mol. The molecule has 0 radical (unpaired) electrons. The largest absolute Gasteiger partial charge is 0.478 e. The van der Waals surface area contributed by atoms with Crippen molar-refractivity contribution in [1.82, 2.24) is 0 Å². The van der Waals surface area contributed by atoms with Crippen LogP contribution < -0.4 is 5.32 Å². The number of halogens is 2. The number of carboxylic acids is 1. The lowest BCUT2D eigenvalue weighted by Crippen LogP contribution is -1.97. The summed E-state index contributed by atoms with van der Waals surface area (Å²) < 4.78 is 0. The van der Waals surface area contributed by atoms with Gasteiger partial charge in [0.1, 0.15) is 0 Å². The number of hydrogen-bond donors (Lipinski definition) is 2. The molecule has 0 heterocycles. The van der Waals surface area contributed by atoms with Gasteiger partial charge in [0.2, 0.25) is 0 Å². The van der Waals surface area contributed by atoms with Crippen LogP contribution in [0.4, 0.5) is 11.4 Å². The fraction of sp³-hybridized carbons (Fsp3) is 0. The molecule has 0 bridgehead atoms. The zero-order chi connectivity index (χ0) is 13.1. The molecule has 0 atom stereocenters. The highest BCUT2D eigenvalue weighted by molar-refractivity contribution is 6.42. The van der Waals surface area contributed by atoms with Gasteiger partial charge in [-0.25, -0.2) is 4.79 Å². The van der Waals surface area contributed by atoms with Gasteiger partial charge in [0.25, 0.3) is 0 Å². The number of hydrogen-bond acceptors (Lipinski definition) is 2. The van der Waals surface area contributed by atoms with Crippen LogP contribution in [0, 0.1) is 0 Å². The Kier molecular flexibility index (Phi) is 3.75. The quantitative estimate of drug-likeness (QED) is 0.875. The Balaban J connectivity index is 2.25. The first-order chi connectivity index (χ1) is 8.56. The Morgan fingerprint density at radius 2 is 1.72 bits per heavy atom. The van der Waals surface area contributed by atoms with Crippen LogP contribution in [0.1, 0.15) is 10.4 Å². The Labute approximate surface area is 114 Å². The molecule has 0 aliphatic rings. The number of anilines is 2. The minimum Gasteiger partial charge on any atom is -0.478 e. The van der Waals surface area contributed by atoms with Gasteiger partial charge in [-0.3, -0.25) is 0 Å². The lowest BCUT2D eigenvalue weighted by atomic mass is 10.2. The molecular formula is C13H9Cl2NO2. The third-order valence-electron chi connectivity index (χ3n) is 2.32. The summed E-state index contributed by atoms with van der Waals surface area (Å²) in [6.45, 7) is 0. The molecule has 0 unspecified atom stereocenters. The van der Waals surface area contributed by atoms with Gasteiger partial charge in [-0.2, -0.15) is 0 Å². The highest BCUT2D eigenvalue weighted by Gasteiger charge is 2.04. The minimum atomic E-state index is -0.965. The number of carboxylic acid groups (broad SMARTS) is 1. The molecule has 2 aromatic rings. The number of carbonyl (C=O) groups is 1. The van der Waals surface area contributed by atoms with Crippen LogP contribution in [0.5, 0.6) is 0 Å². The van der Waals surface area contributed by atoms with Crippen molar-refractivity contribution < 1.29 is 9.90 Å². The summed E-state index contributed by atoms with van der Waals surface area (Å²) in [4.78, 5) is 10.8. The molecule has 0 aliphatic carbocycles. The fourth-order valence-electron chi connectivity index (χ4n) is 1.47. The standard InChI is InChI=1S/C13H9Cl2NO2/c14-11-5-4-10(7-12(11)15)16-9-3-1-2-8(6-9)13(17)18/h1-7,16H,(H,17,18). The van der Waals surface area contributed by atoms with Gasteiger partial charge in [-0.15, -0.1) is 0 Å². The van der Waals surface area contributed by atoms with Crippen molar-refractivity contribution in [2.24, 2.45) is 0 Å². The zero-order valence-electron chi connectivity index (χ0n) is 9.15. The van der Waals surface area contributed by atoms with Crippen LogP contribution in [0.2, 0.25) is 10.0 Å². The van der Waals surface area contributed by atoms with E-state index in [-0.39, 0.29) is 5.56 Å². The summed E-state index contributed by atoms with van der Waals surface area (Å²) in [5.74, 6) is -0.965. The maximum Gasteiger partial charge on any atom is 0.335 e. The normalized spacial score (nSPS) is 10.1. The average Bonchev–Trinajstić information content (AvgIpc) is 2.34. The molecule has 2 N–H and O–H groups in total. The maximum absolute atomic E-state index is 10.8. The third kappa shape index (κ3) is 2.94. The second-order valence-electron chi connectivity index (χ2n) is 3.64. The molecule has 0 spiro atoms. The van der Waals surface area contributed by atoms with E-state index in [4.69, 9.17) is 28.3 Å². The molecule has 0 fully saturated rings. The number of aromatic carboxylic acids is 1. The van der Waals surface area contributed by atoms with Crippen molar-refractivity contribution in [3.8, 4) is 0 Å². The first kappa shape index (κ1) is 12.7. The average molecular weight is 282 g/mol. The van der Waals surface area contributed by atoms with E-state index in [2.05, 4.69) is 5.32 Å². The van der Waals surface area contributed by atoms with Crippen molar-refractivity contribution in [2.75, 3.05) is 5.32 Å². The zero-order valence-corrected chi connectivity index (χ0v) is 10.7. The van der Waals surface area contributed by atoms with Crippen LogP contribution in [-0.2, 0) is 0 Å². The molecule has 5 heteroatoms. The van der Waals surface area contributed by atoms with Gasteiger partial charge in [0.05, 0.1) is 15.6 Å². The first-order valence-electron chi connectivity index (χ1n) is 5.12. The van der Waals surface area contributed by atoms with Crippen LogP contribution in [0.25, 0.3) is 0 Å². The van der Waals surface area contributed by atoms with E-state index in [1.165, 1.54) is 6.07 Å². The second-order valence-corrected chi connectivity index (χ2v) is 4.45. The first-order valence-corrected chi connectivity index (χ1v) is 5.87. The summed E-state index contributed by atoms with van der Waals surface area (Å²) in [6.07, 6.45) is 0. The smallest absolute Gasteiger partial charge is 0.335 e. The summed E-state index contributed by atoms with van der Waals surface area (Å²) in [7, 11) is 0. The van der Waals surface area contributed by atoms with Gasteiger partial charge in [-0.1, -0.05) is 29.3 Å². The number of nitrogens with one attached hydrogen (secondary N) is 1. The second kappa shape index (κ2) is 5.29. The van der Waals surface area contributed by atoms with Crippen LogP contribution in [0.3, 0.4) is 0 Å². The molecule has 0 aliphatic heterocycles. The molecule has 2 aromatic carbocycles. The highest BCUT2D eigenvalue weighted by Crippen LogP contribution is 2.27. The van der Waals surface area contributed by atoms with Gasteiger partial charge in [0, 0.05) is 11.4 Å². The lowest BCUT2D eigenvalue weighted by molar-refractivity contribution is 0.0697. The third-order valence-corrected chi connectivity index (χ3v) is 3.06. The predicted octanol–water partition coefficient (Wildman–Crippen LogP) is 4.44. The Morgan fingerprint density at radius 1 is 1.00 bits per heavy atom. The van der Waals surface area contributed by atoms with Crippen LogP contribution >= 0.6 is 23.2 Å². The summed E-state index contributed by atoms with van der Waals surface area (Å²) >= 11 is 11.7. The van der Waals surface area contributed by atoms with Gasteiger partial charge >= 0.3 is 5.97 Å². The summed E-state index contributed by atoms with van der Waals surface area (Å²) in [5, 5.41) is 12.9. The van der Waals surface area contributed by atoms with Gasteiger partial charge in [0.15, 0.2) is 0 Å². The lowest BCUT2D eigenvalue weighted by Gasteiger charge is -2.08. The summed E-state index contributed by atoms with van der Waals surface area (Å²) in [5.41, 5.74) is 1.64. The van der Waals surface area contributed by atoms with Crippen molar-refractivity contribution in [1.29, 1.82) is 0 Å². The molecule has 2 rings (SSSR count). The summed E-state index contributed by atoms with van der Waals surface area (Å²) in [6, 6.07) is 11.6. The van der Waals surface area contributed by atoms with Crippen LogP contribution in [0.15, 0.2) is 42.5 Å². The monoisotopic (exact) mass is 281 g/mol.